The van der Waals surface area contributed by atoms with Crippen LogP contribution in [0.15, 0.2) is 30.5 Å². The van der Waals surface area contributed by atoms with E-state index in [1.54, 1.807) is 19.9 Å². The number of hydrogen-bond donors (Lipinski definition) is 0. The molecule has 1 heterocycles. The summed E-state index contributed by atoms with van der Waals surface area (Å²) in [6, 6.07) is 5.57. The van der Waals surface area contributed by atoms with Gasteiger partial charge < -0.3 is 0 Å². The van der Waals surface area contributed by atoms with Crippen molar-refractivity contribution in [2.75, 3.05) is 0 Å². The van der Waals surface area contributed by atoms with Crippen LogP contribution in [0, 0.1) is 5.82 Å². The van der Waals surface area contributed by atoms with Gasteiger partial charge in [0.25, 0.3) is 0 Å². The molecular formula is C13H12F4N2. The van der Waals surface area contributed by atoms with Crippen LogP contribution in [0.1, 0.15) is 31.0 Å². The highest BCUT2D eigenvalue weighted by atomic mass is 19.4. The summed E-state index contributed by atoms with van der Waals surface area (Å²) in [7, 11) is 0. The molecule has 0 saturated heterocycles. The molecule has 102 valence electrons. The SMILES string of the molecule is CC(C)c1nn(-c2ccccc2F)cc1C(F)(F)F. The van der Waals surface area contributed by atoms with Crippen LogP contribution >= 0.6 is 0 Å². The Morgan fingerprint density at radius 2 is 1.79 bits per heavy atom. The minimum absolute atomic E-state index is 0.0000926. The van der Waals surface area contributed by atoms with Crippen molar-refractivity contribution in [1.82, 2.24) is 9.78 Å². The summed E-state index contributed by atoms with van der Waals surface area (Å²) >= 11 is 0. The zero-order valence-electron chi connectivity index (χ0n) is 10.4. The first-order valence-corrected chi connectivity index (χ1v) is 5.72. The number of benzene rings is 1. The lowest BCUT2D eigenvalue weighted by atomic mass is 10.1. The van der Waals surface area contributed by atoms with Gasteiger partial charge in [-0.15, -0.1) is 0 Å². The predicted molar refractivity (Wildman–Crippen MR) is 62.6 cm³/mol. The third-order valence-electron chi connectivity index (χ3n) is 2.69. The second-order valence-electron chi connectivity index (χ2n) is 4.48. The number of nitrogens with zero attached hydrogens (tertiary/aromatic N) is 2. The van der Waals surface area contributed by atoms with Gasteiger partial charge in [-0.1, -0.05) is 26.0 Å². The van der Waals surface area contributed by atoms with Gasteiger partial charge >= 0.3 is 6.18 Å². The summed E-state index contributed by atoms with van der Waals surface area (Å²) in [4.78, 5) is 0. The fourth-order valence-corrected chi connectivity index (χ4v) is 1.79. The first-order chi connectivity index (χ1) is 8.80. The minimum Gasteiger partial charge on any atom is -0.237 e. The summed E-state index contributed by atoms with van der Waals surface area (Å²) in [5, 5.41) is 3.86. The molecule has 0 N–H and O–H groups in total. The highest BCUT2D eigenvalue weighted by Gasteiger charge is 2.37. The fourth-order valence-electron chi connectivity index (χ4n) is 1.79. The lowest BCUT2D eigenvalue weighted by molar-refractivity contribution is -0.138. The van der Waals surface area contributed by atoms with E-state index in [2.05, 4.69) is 5.10 Å². The summed E-state index contributed by atoms with van der Waals surface area (Å²) in [5.74, 6) is -1.02. The Hall–Kier alpha value is -1.85. The fraction of sp³-hybridized carbons (Fsp3) is 0.308. The third kappa shape index (κ3) is 2.62. The Labute approximate surface area is 107 Å². The number of rotatable bonds is 2. The maximum atomic E-state index is 13.6. The molecule has 2 nitrogen and oxygen atoms in total. The molecular weight excluding hydrogens is 260 g/mol. The molecule has 2 rings (SSSR count). The predicted octanol–water partition coefficient (Wildman–Crippen LogP) is 4.15. The van der Waals surface area contributed by atoms with Gasteiger partial charge in [-0.25, -0.2) is 9.07 Å². The van der Waals surface area contributed by atoms with Crippen molar-refractivity contribution >= 4 is 0 Å². The lowest BCUT2D eigenvalue weighted by Crippen LogP contribution is -2.08. The monoisotopic (exact) mass is 272 g/mol. The van der Waals surface area contributed by atoms with E-state index >= 15 is 0 Å². The average Bonchev–Trinajstić information content (AvgIpc) is 2.74. The molecule has 0 aliphatic carbocycles. The topological polar surface area (TPSA) is 17.8 Å². The van der Waals surface area contributed by atoms with Gasteiger partial charge in [-0.05, 0) is 18.1 Å². The molecule has 2 aromatic rings. The molecule has 0 unspecified atom stereocenters. The van der Waals surface area contributed by atoms with Gasteiger partial charge in [0.05, 0.1) is 11.3 Å². The number of para-hydroxylation sites is 1. The highest BCUT2D eigenvalue weighted by Crippen LogP contribution is 2.35. The Morgan fingerprint density at radius 3 is 2.26 bits per heavy atom. The lowest BCUT2D eigenvalue weighted by Gasteiger charge is -2.07. The van der Waals surface area contributed by atoms with Gasteiger partial charge in [-0.2, -0.15) is 18.3 Å². The van der Waals surface area contributed by atoms with E-state index in [4.69, 9.17) is 0 Å². The molecule has 0 aliphatic heterocycles. The second kappa shape index (κ2) is 4.68. The van der Waals surface area contributed by atoms with E-state index in [-0.39, 0.29) is 11.4 Å². The van der Waals surface area contributed by atoms with E-state index in [0.717, 1.165) is 10.9 Å². The van der Waals surface area contributed by atoms with Crippen LogP contribution in [-0.2, 0) is 6.18 Å². The van der Waals surface area contributed by atoms with Crippen molar-refractivity contribution in [3.8, 4) is 5.69 Å². The molecule has 1 aromatic carbocycles. The maximum Gasteiger partial charge on any atom is 0.419 e. The Balaban J connectivity index is 2.59. The summed E-state index contributed by atoms with van der Waals surface area (Å²) in [6.45, 7) is 3.23. The Morgan fingerprint density at radius 1 is 1.16 bits per heavy atom. The number of hydrogen-bond acceptors (Lipinski definition) is 1. The number of halogens is 4. The quantitative estimate of drug-likeness (QED) is 0.751. The number of aromatic nitrogens is 2. The molecule has 0 saturated carbocycles. The van der Waals surface area contributed by atoms with Crippen LogP contribution in [0.3, 0.4) is 0 Å². The second-order valence-corrected chi connectivity index (χ2v) is 4.48. The van der Waals surface area contributed by atoms with E-state index in [1.807, 2.05) is 0 Å². The van der Waals surface area contributed by atoms with Gasteiger partial charge in [0.2, 0.25) is 0 Å². The molecule has 6 heteroatoms. The summed E-state index contributed by atoms with van der Waals surface area (Å²) in [5.41, 5.74) is -0.915. The van der Waals surface area contributed by atoms with Crippen molar-refractivity contribution in [2.24, 2.45) is 0 Å². The molecule has 0 amide bonds. The normalized spacial score (nSPS) is 12.2. The molecule has 0 radical (unpaired) electrons. The highest BCUT2D eigenvalue weighted by molar-refractivity contribution is 5.35. The van der Waals surface area contributed by atoms with Crippen LogP contribution in [0.25, 0.3) is 5.69 Å². The van der Waals surface area contributed by atoms with Crippen molar-refractivity contribution in [1.29, 1.82) is 0 Å². The summed E-state index contributed by atoms with van der Waals surface area (Å²) < 4.78 is 53.2. The van der Waals surface area contributed by atoms with Gasteiger partial charge in [0.1, 0.15) is 11.5 Å². The molecule has 0 bridgehead atoms. The third-order valence-corrected chi connectivity index (χ3v) is 2.69. The van der Waals surface area contributed by atoms with Gasteiger partial charge in [0.15, 0.2) is 0 Å². The van der Waals surface area contributed by atoms with Gasteiger partial charge in [0, 0.05) is 6.20 Å². The zero-order valence-corrected chi connectivity index (χ0v) is 10.4. The Bertz CT molecular complexity index is 585. The number of alkyl halides is 3. The smallest absolute Gasteiger partial charge is 0.237 e. The molecule has 0 atom stereocenters. The van der Waals surface area contributed by atoms with E-state index < -0.39 is 23.5 Å². The van der Waals surface area contributed by atoms with Gasteiger partial charge in [-0.3, -0.25) is 0 Å². The van der Waals surface area contributed by atoms with Crippen molar-refractivity contribution < 1.29 is 17.6 Å². The van der Waals surface area contributed by atoms with Crippen molar-refractivity contribution in [3.63, 3.8) is 0 Å². The van der Waals surface area contributed by atoms with Crippen molar-refractivity contribution in [3.05, 3.63) is 47.5 Å². The molecule has 0 spiro atoms. The maximum absolute atomic E-state index is 13.6. The molecule has 0 aliphatic rings. The van der Waals surface area contributed by atoms with Crippen LogP contribution in [0.5, 0.6) is 0 Å². The average molecular weight is 272 g/mol. The van der Waals surface area contributed by atoms with E-state index in [9.17, 15) is 17.6 Å². The Kier molecular flexibility index (Phi) is 3.34. The van der Waals surface area contributed by atoms with Crippen molar-refractivity contribution in [2.45, 2.75) is 25.9 Å². The summed E-state index contributed by atoms with van der Waals surface area (Å²) in [6.07, 6.45) is -3.67. The zero-order chi connectivity index (χ0) is 14.2. The molecule has 1 aromatic heterocycles. The van der Waals surface area contributed by atoms with Crippen LogP contribution in [0.4, 0.5) is 17.6 Å². The van der Waals surface area contributed by atoms with Crippen LogP contribution in [-0.4, -0.2) is 9.78 Å². The van der Waals surface area contributed by atoms with Crippen LogP contribution < -0.4 is 0 Å². The first kappa shape index (κ1) is 13.6. The first-order valence-electron chi connectivity index (χ1n) is 5.72. The molecule has 19 heavy (non-hydrogen) atoms. The van der Waals surface area contributed by atoms with E-state index in [0.29, 0.717) is 0 Å². The standard InChI is InChI=1S/C13H12F4N2/c1-8(2)12-9(13(15,16)17)7-19(18-12)11-6-4-3-5-10(11)14/h3-8H,1-2H3. The largest absolute Gasteiger partial charge is 0.419 e. The minimum atomic E-state index is -4.50. The van der Waals surface area contributed by atoms with E-state index in [1.165, 1.54) is 18.2 Å². The molecule has 0 fully saturated rings. The van der Waals surface area contributed by atoms with Crippen LogP contribution in [0.2, 0.25) is 0 Å².